The molecule has 7 nitrogen and oxygen atoms in total. The minimum Gasteiger partial charge on any atom is -0.497 e. The smallest absolute Gasteiger partial charge is 0.244 e. The molecule has 1 saturated heterocycles. The van der Waals surface area contributed by atoms with E-state index < -0.39 is 12.0 Å². The molecule has 1 fully saturated rings. The summed E-state index contributed by atoms with van der Waals surface area (Å²) in [5.74, 6) is -0.153. The highest BCUT2D eigenvalue weighted by atomic mass is 16.5. The third-order valence-electron chi connectivity index (χ3n) is 4.29. The SMILES string of the molecule is COc1ccc(CN2C[C@H](C(=O)N[C@@H](C)C(=O)N(C)C)CC2=O)cc1. The van der Waals surface area contributed by atoms with E-state index in [1.165, 1.54) is 4.90 Å². The molecule has 0 bridgehead atoms. The van der Waals surface area contributed by atoms with E-state index in [2.05, 4.69) is 5.32 Å². The van der Waals surface area contributed by atoms with Gasteiger partial charge in [-0.1, -0.05) is 12.1 Å². The lowest BCUT2D eigenvalue weighted by molar-refractivity contribution is -0.135. The van der Waals surface area contributed by atoms with Gasteiger partial charge in [-0.15, -0.1) is 0 Å². The summed E-state index contributed by atoms with van der Waals surface area (Å²) in [6, 6.07) is 6.88. The number of benzene rings is 1. The number of likely N-dealkylation sites (tertiary alicyclic amines) is 1. The third kappa shape index (κ3) is 4.71. The standard InChI is InChI=1S/C18H25N3O4/c1-12(18(24)20(2)3)19-17(23)14-9-16(22)21(11-14)10-13-5-7-15(25-4)8-6-13/h5-8,12,14H,9-11H2,1-4H3,(H,19,23)/t12-,14+/m0/s1. The lowest BCUT2D eigenvalue weighted by atomic mass is 10.1. The maximum atomic E-state index is 12.3. The molecular formula is C18H25N3O4. The molecule has 1 aromatic carbocycles. The van der Waals surface area contributed by atoms with Crippen molar-refractivity contribution in [3.63, 3.8) is 0 Å². The predicted molar refractivity (Wildman–Crippen MR) is 92.8 cm³/mol. The fourth-order valence-corrected chi connectivity index (χ4v) is 2.83. The topological polar surface area (TPSA) is 79.0 Å². The number of methoxy groups -OCH3 is 1. The summed E-state index contributed by atoms with van der Waals surface area (Å²) in [4.78, 5) is 39.5. The Morgan fingerprint density at radius 1 is 1.32 bits per heavy atom. The van der Waals surface area contributed by atoms with Gasteiger partial charge in [-0.05, 0) is 24.6 Å². The highest BCUT2D eigenvalue weighted by molar-refractivity contribution is 5.92. The summed E-state index contributed by atoms with van der Waals surface area (Å²) >= 11 is 0. The summed E-state index contributed by atoms with van der Waals surface area (Å²) in [6.07, 6.45) is 0.171. The van der Waals surface area contributed by atoms with Crippen molar-refractivity contribution < 1.29 is 19.1 Å². The molecule has 0 aromatic heterocycles. The van der Waals surface area contributed by atoms with E-state index in [1.54, 1.807) is 33.0 Å². The van der Waals surface area contributed by atoms with Gasteiger partial charge >= 0.3 is 0 Å². The highest BCUT2D eigenvalue weighted by Crippen LogP contribution is 2.21. The molecule has 2 atom stereocenters. The molecule has 1 aliphatic rings. The number of ether oxygens (including phenoxy) is 1. The molecule has 1 aliphatic heterocycles. The zero-order chi connectivity index (χ0) is 18.6. The van der Waals surface area contributed by atoms with E-state index >= 15 is 0 Å². The zero-order valence-corrected chi connectivity index (χ0v) is 15.1. The maximum Gasteiger partial charge on any atom is 0.244 e. The van der Waals surface area contributed by atoms with Crippen LogP contribution in [0.15, 0.2) is 24.3 Å². The van der Waals surface area contributed by atoms with Gasteiger partial charge in [0.2, 0.25) is 17.7 Å². The van der Waals surface area contributed by atoms with E-state index in [0.717, 1.165) is 11.3 Å². The van der Waals surface area contributed by atoms with E-state index in [4.69, 9.17) is 4.74 Å². The zero-order valence-electron chi connectivity index (χ0n) is 15.1. The first-order valence-corrected chi connectivity index (χ1v) is 8.24. The number of likely N-dealkylation sites (N-methyl/N-ethyl adjacent to an activating group) is 1. The van der Waals surface area contributed by atoms with Crippen LogP contribution in [0.1, 0.15) is 18.9 Å². The minimum atomic E-state index is -0.603. The van der Waals surface area contributed by atoms with Crippen LogP contribution in [-0.2, 0) is 20.9 Å². The van der Waals surface area contributed by atoms with Crippen molar-refractivity contribution in [2.24, 2.45) is 5.92 Å². The van der Waals surface area contributed by atoms with Gasteiger partial charge in [-0.25, -0.2) is 0 Å². The van der Waals surface area contributed by atoms with Gasteiger partial charge in [0.05, 0.1) is 13.0 Å². The van der Waals surface area contributed by atoms with Gasteiger partial charge in [-0.3, -0.25) is 14.4 Å². The number of nitrogens with one attached hydrogen (secondary N) is 1. The van der Waals surface area contributed by atoms with Crippen molar-refractivity contribution in [3.8, 4) is 5.75 Å². The van der Waals surface area contributed by atoms with Crippen molar-refractivity contribution in [3.05, 3.63) is 29.8 Å². The minimum absolute atomic E-state index is 0.0532. The van der Waals surface area contributed by atoms with Crippen LogP contribution in [0.4, 0.5) is 0 Å². The molecular weight excluding hydrogens is 322 g/mol. The average Bonchev–Trinajstić information content (AvgIpc) is 2.95. The lowest BCUT2D eigenvalue weighted by Crippen LogP contribution is -2.46. The Bertz CT molecular complexity index is 642. The van der Waals surface area contributed by atoms with Crippen LogP contribution in [0.3, 0.4) is 0 Å². The highest BCUT2D eigenvalue weighted by Gasteiger charge is 2.35. The normalized spacial score (nSPS) is 18.0. The molecule has 2 rings (SSSR count). The maximum absolute atomic E-state index is 12.3. The summed E-state index contributed by atoms with van der Waals surface area (Å²) in [5.41, 5.74) is 0.978. The van der Waals surface area contributed by atoms with Crippen LogP contribution >= 0.6 is 0 Å². The van der Waals surface area contributed by atoms with Crippen LogP contribution in [0.2, 0.25) is 0 Å². The number of carbonyl (C=O) groups excluding carboxylic acids is 3. The number of nitrogens with zero attached hydrogens (tertiary/aromatic N) is 2. The van der Waals surface area contributed by atoms with Crippen molar-refractivity contribution in [1.29, 1.82) is 0 Å². The van der Waals surface area contributed by atoms with Crippen LogP contribution in [0, 0.1) is 5.92 Å². The molecule has 0 unspecified atom stereocenters. The summed E-state index contributed by atoms with van der Waals surface area (Å²) in [5, 5.41) is 2.70. The number of rotatable bonds is 6. The first-order chi connectivity index (χ1) is 11.8. The molecule has 3 amide bonds. The first-order valence-electron chi connectivity index (χ1n) is 8.24. The van der Waals surface area contributed by atoms with Crippen LogP contribution in [-0.4, -0.2) is 61.3 Å². The van der Waals surface area contributed by atoms with Crippen LogP contribution < -0.4 is 10.1 Å². The Kier molecular flexibility index (Phi) is 6.01. The second kappa shape index (κ2) is 8.00. The second-order valence-corrected chi connectivity index (χ2v) is 6.49. The number of hydrogen-bond acceptors (Lipinski definition) is 4. The number of amides is 3. The largest absolute Gasteiger partial charge is 0.497 e. The van der Waals surface area contributed by atoms with Crippen LogP contribution in [0.5, 0.6) is 5.75 Å². The van der Waals surface area contributed by atoms with Gasteiger partial charge < -0.3 is 19.9 Å². The molecule has 0 spiro atoms. The number of hydrogen-bond donors (Lipinski definition) is 1. The molecule has 25 heavy (non-hydrogen) atoms. The van der Waals surface area contributed by atoms with Gasteiger partial charge in [-0.2, -0.15) is 0 Å². The monoisotopic (exact) mass is 347 g/mol. The second-order valence-electron chi connectivity index (χ2n) is 6.49. The van der Waals surface area contributed by atoms with E-state index in [9.17, 15) is 14.4 Å². The summed E-state index contributed by atoms with van der Waals surface area (Å²) in [7, 11) is 4.88. The first kappa shape index (κ1) is 18.8. The quantitative estimate of drug-likeness (QED) is 0.819. The van der Waals surface area contributed by atoms with E-state index in [-0.39, 0.29) is 24.1 Å². The van der Waals surface area contributed by atoms with Crippen LogP contribution in [0.25, 0.3) is 0 Å². The molecule has 1 N–H and O–H groups in total. The average molecular weight is 347 g/mol. The van der Waals surface area contributed by atoms with Gasteiger partial charge in [0.25, 0.3) is 0 Å². The van der Waals surface area contributed by atoms with E-state index in [1.807, 2.05) is 24.3 Å². The molecule has 1 aromatic rings. The lowest BCUT2D eigenvalue weighted by Gasteiger charge is -2.20. The van der Waals surface area contributed by atoms with Gasteiger partial charge in [0.1, 0.15) is 11.8 Å². The molecule has 0 saturated carbocycles. The van der Waals surface area contributed by atoms with Crippen molar-refractivity contribution >= 4 is 17.7 Å². The van der Waals surface area contributed by atoms with Crippen molar-refractivity contribution in [2.45, 2.75) is 25.9 Å². The fraction of sp³-hybridized carbons (Fsp3) is 0.500. The van der Waals surface area contributed by atoms with Crippen molar-refractivity contribution in [2.75, 3.05) is 27.7 Å². The predicted octanol–water partition coefficient (Wildman–Crippen LogP) is 0.637. The fourth-order valence-electron chi connectivity index (χ4n) is 2.83. The molecule has 0 radical (unpaired) electrons. The summed E-state index contributed by atoms with van der Waals surface area (Å²) in [6.45, 7) is 2.46. The van der Waals surface area contributed by atoms with E-state index in [0.29, 0.717) is 13.1 Å². The Morgan fingerprint density at radius 3 is 2.52 bits per heavy atom. The Balaban J connectivity index is 1.92. The summed E-state index contributed by atoms with van der Waals surface area (Å²) < 4.78 is 5.12. The Labute approximate surface area is 147 Å². The third-order valence-corrected chi connectivity index (χ3v) is 4.29. The molecule has 136 valence electrons. The van der Waals surface area contributed by atoms with Gasteiger partial charge in [0, 0.05) is 33.6 Å². The molecule has 0 aliphatic carbocycles. The Hall–Kier alpha value is -2.57. The number of carbonyl (C=O) groups is 3. The Morgan fingerprint density at radius 2 is 1.96 bits per heavy atom. The molecule has 7 heteroatoms. The molecule has 1 heterocycles. The van der Waals surface area contributed by atoms with Gasteiger partial charge in [0.15, 0.2) is 0 Å². The van der Waals surface area contributed by atoms with Crippen molar-refractivity contribution in [1.82, 2.24) is 15.1 Å².